The van der Waals surface area contributed by atoms with Gasteiger partial charge in [-0.3, -0.25) is 18.6 Å². The molecule has 0 fully saturated rings. The lowest BCUT2D eigenvalue weighted by Crippen LogP contribution is -2.29. The minimum absolute atomic E-state index is 0.0360. The molecule has 0 radical (unpaired) electrons. The summed E-state index contributed by atoms with van der Waals surface area (Å²) >= 11 is 0. The van der Waals surface area contributed by atoms with Gasteiger partial charge in [-0.2, -0.15) is 0 Å². The normalized spacial score (nSPS) is 14.4. The van der Waals surface area contributed by atoms with Crippen LogP contribution in [0.5, 0.6) is 0 Å². The fourth-order valence-corrected chi connectivity index (χ4v) is 5.85. The molecule has 0 rings (SSSR count). The Kier molecular flexibility index (Phi) is 39.8. The molecule has 0 aromatic carbocycles. The molecule has 0 amide bonds. The second kappa shape index (κ2) is 42.3. The van der Waals surface area contributed by atoms with Gasteiger partial charge < -0.3 is 20.1 Å². The van der Waals surface area contributed by atoms with Gasteiger partial charge >= 0.3 is 19.8 Å². The van der Waals surface area contributed by atoms with Gasteiger partial charge in [-0.15, -0.1) is 0 Å². The molecule has 2 atom stereocenters. The lowest BCUT2D eigenvalue weighted by atomic mass is 10.1. The standard InChI is InChI=1S/C47H76NO8P/c1-3-5-7-9-11-13-15-17-18-19-20-21-22-23-24-25-26-28-30-32-34-36-38-40-47(50)56-45(44-55-57(51,52)54-42-41-48)43-53-46(49)39-37-35-33-31-29-27-16-14-12-10-8-6-4-2/h5-8,11-14,17-18,20-21,23-24,27,29,33,35,45H,3-4,9-10,15-16,19,22,25-26,28,30-32,34,36-44,48H2,1-2H3,(H,51,52)/b7-5-,8-6-,13-11-,14-12-,18-17-,21-20-,24-23-,29-27-,35-33-. The van der Waals surface area contributed by atoms with E-state index in [4.69, 9.17) is 24.3 Å². The third kappa shape index (κ3) is 42.1. The van der Waals surface area contributed by atoms with Crippen LogP contribution in [0.1, 0.15) is 142 Å². The molecule has 2 unspecified atom stereocenters. The van der Waals surface area contributed by atoms with E-state index in [2.05, 4.69) is 111 Å². The number of phosphoric ester groups is 1. The minimum atomic E-state index is -4.40. The summed E-state index contributed by atoms with van der Waals surface area (Å²) in [6.07, 6.45) is 55.7. The lowest BCUT2D eigenvalue weighted by Gasteiger charge is -2.19. The first-order chi connectivity index (χ1) is 27.8. The summed E-state index contributed by atoms with van der Waals surface area (Å²) in [6, 6.07) is 0. The van der Waals surface area contributed by atoms with Gasteiger partial charge in [0.1, 0.15) is 6.61 Å². The molecule has 0 aliphatic heterocycles. The van der Waals surface area contributed by atoms with E-state index in [0.717, 1.165) is 89.9 Å². The number of allylic oxidation sites excluding steroid dienone is 18. The van der Waals surface area contributed by atoms with E-state index in [1.807, 2.05) is 12.2 Å². The number of esters is 2. The van der Waals surface area contributed by atoms with E-state index in [0.29, 0.717) is 12.8 Å². The summed E-state index contributed by atoms with van der Waals surface area (Å²) in [6.45, 7) is 3.37. The van der Waals surface area contributed by atoms with Crippen molar-refractivity contribution in [2.75, 3.05) is 26.4 Å². The second-order valence-electron chi connectivity index (χ2n) is 13.4. The van der Waals surface area contributed by atoms with Gasteiger partial charge in [-0.1, -0.05) is 155 Å². The third-order valence-corrected chi connectivity index (χ3v) is 9.15. The van der Waals surface area contributed by atoms with Gasteiger partial charge in [0.05, 0.1) is 13.2 Å². The molecule has 322 valence electrons. The Morgan fingerprint density at radius 2 is 0.947 bits per heavy atom. The van der Waals surface area contributed by atoms with Gasteiger partial charge in [0, 0.05) is 19.4 Å². The molecule has 0 saturated carbocycles. The predicted molar refractivity (Wildman–Crippen MR) is 238 cm³/mol. The molecule has 0 aliphatic rings. The van der Waals surface area contributed by atoms with Crippen LogP contribution in [0.25, 0.3) is 0 Å². The number of unbranched alkanes of at least 4 members (excludes halogenated alkanes) is 7. The molecule has 3 N–H and O–H groups in total. The predicted octanol–water partition coefficient (Wildman–Crippen LogP) is 12.4. The van der Waals surface area contributed by atoms with Gasteiger partial charge in [0.25, 0.3) is 0 Å². The van der Waals surface area contributed by atoms with Crippen LogP contribution in [-0.2, 0) is 32.7 Å². The summed E-state index contributed by atoms with van der Waals surface area (Å²) < 4.78 is 32.6. The number of carbonyl (C=O) groups excluding carboxylic acids is 2. The Hall–Kier alpha value is -3.33. The summed E-state index contributed by atoms with van der Waals surface area (Å²) in [5.41, 5.74) is 5.34. The van der Waals surface area contributed by atoms with Crippen LogP contribution in [0.15, 0.2) is 109 Å². The zero-order valence-corrected chi connectivity index (χ0v) is 36.2. The van der Waals surface area contributed by atoms with Crippen LogP contribution in [0.2, 0.25) is 0 Å². The van der Waals surface area contributed by atoms with Crippen molar-refractivity contribution in [1.29, 1.82) is 0 Å². The second-order valence-corrected chi connectivity index (χ2v) is 14.9. The summed E-state index contributed by atoms with van der Waals surface area (Å²) in [4.78, 5) is 34.8. The molecule has 0 saturated heterocycles. The van der Waals surface area contributed by atoms with Crippen molar-refractivity contribution >= 4 is 19.8 Å². The van der Waals surface area contributed by atoms with E-state index in [1.54, 1.807) is 0 Å². The van der Waals surface area contributed by atoms with Crippen LogP contribution in [-0.4, -0.2) is 49.3 Å². The number of hydrogen-bond donors (Lipinski definition) is 2. The van der Waals surface area contributed by atoms with Crippen molar-refractivity contribution in [2.45, 2.75) is 148 Å². The molecule has 0 heterocycles. The number of rotatable bonds is 38. The summed E-state index contributed by atoms with van der Waals surface area (Å²) in [7, 11) is -4.40. The maximum Gasteiger partial charge on any atom is 0.472 e. The highest BCUT2D eigenvalue weighted by atomic mass is 31.2. The number of phosphoric acid groups is 1. The number of nitrogens with two attached hydrogens (primary N) is 1. The van der Waals surface area contributed by atoms with Crippen molar-refractivity contribution in [3.05, 3.63) is 109 Å². The average Bonchev–Trinajstić information content (AvgIpc) is 3.20. The molecule has 0 aromatic heterocycles. The molecule has 9 nitrogen and oxygen atoms in total. The van der Waals surface area contributed by atoms with Crippen molar-refractivity contribution < 1.29 is 37.6 Å². The monoisotopic (exact) mass is 814 g/mol. The van der Waals surface area contributed by atoms with Crippen molar-refractivity contribution in [3.63, 3.8) is 0 Å². The van der Waals surface area contributed by atoms with Gasteiger partial charge in [-0.05, 0) is 83.5 Å². The highest BCUT2D eigenvalue weighted by Gasteiger charge is 2.25. The molecule has 10 heteroatoms. The van der Waals surface area contributed by atoms with Crippen LogP contribution in [0.4, 0.5) is 0 Å². The maximum atomic E-state index is 12.6. The molecular weight excluding hydrogens is 737 g/mol. The number of carbonyl (C=O) groups is 2. The first kappa shape index (κ1) is 53.7. The Bertz CT molecular complexity index is 1290. The lowest BCUT2D eigenvalue weighted by molar-refractivity contribution is -0.161. The van der Waals surface area contributed by atoms with Crippen molar-refractivity contribution in [2.24, 2.45) is 5.73 Å². The SMILES string of the molecule is CC/C=C\C/C=C\C/C=C\C/C=C\C/C=C\CCCCCCCCCC(=O)OC(COC(=O)CC/C=C\C/C=C\C/C=C\C/C=C\CC)COP(=O)(O)OCCN. The van der Waals surface area contributed by atoms with Crippen molar-refractivity contribution in [1.82, 2.24) is 0 Å². The molecular formula is C47H76NO8P. The van der Waals surface area contributed by atoms with Gasteiger partial charge in [-0.25, -0.2) is 4.57 Å². The highest BCUT2D eigenvalue weighted by Crippen LogP contribution is 2.43. The Morgan fingerprint density at radius 1 is 0.526 bits per heavy atom. The third-order valence-electron chi connectivity index (χ3n) is 8.17. The average molecular weight is 814 g/mol. The number of ether oxygens (including phenoxy) is 2. The molecule has 0 aromatic rings. The molecule has 0 spiro atoms. The fraction of sp³-hybridized carbons (Fsp3) is 0.574. The fourth-order valence-electron chi connectivity index (χ4n) is 5.08. The quantitative estimate of drug-likeness (QED) is 0.0270. The van der Waals surface area contributed by atoms with Crippen LogP contribution >= 0.6 is 7.82 Å². The van der Waals surface area contributed by atoms with E-state index in [1.165, 1.54) is 12.8 Å². The zero-order valence-electron chi connectivity index (χ0n) is 35.3. The Balaban J connectivity index is 4.25. The van der Waals surface area contributed by atoms with E-state index in [9.17, 15) is 19.0 Å². The zero-order chi connectivity index (χ0) is 41.8. The van der Waals surface area contributed by atoms with E-state index >= 15 is 0 Å². The van der Waals surface area contributed by atoms with Crippen LogP contribution in [0.3, 0.4) is 0 Å². The number of hydrogen-bond acceptors (Lipinski definition) is 8. The summed E-state index contributed by atoms with van der Waals surface area (Å²) in [5, 5.41) is 0. The van der Waals surface area contributed by atoms with Gasteiger partial charge in [0.15, 0.2) is 6.10 Å². The minimum Gasteiger partial charge on any atom is -0.462 e. The molecule has 0 aliphatic carbocycles. The van der Waals surface area contributed by atoms with E-state index in [-0.39, 0.29) is 32.6 Å². The topological polar surface area (TPSA) is 134 Å². The van der Waals surface area contributed by atoms with Crippen LogP contribution in [0, 0.1) is 0 Å². The molecule has 0 bridgehead atoms. The van der Waals surface area contributed by atoms with Crippen molar-refractivity contribution in [3.8, 4) is 0 Å². The Labute approximate surface area is 346 Å². The van der Waals surface area contributed by atoms with E-state index < -0.39 is 32.5 Å². The maximum absolute atomic E-state index is 12.6. The Morgan fingerprint density at radius 3 is 1.42 bits per heavy atom. The first-order valence-corrected chi connectivity index (χ1v) is 22.9. The first-order valence-electron chi connectivity index (χ1n) is 21.4. The largest absolute Gasteiger partial charge is 0.472 e. The smallest absolute Gasteiger partial charge is 0.462 e. The highest BCUT2D eigenvalue weighted by molar-refractivity contribution is 7.47. The summed E-state index contributed by atoms with van der Waals surface area (Å²) in [5.74, 6) is -0.949. The van der Waals surface area contributed by atoms with Gasteiger partial charge in [0.2, 0.25) is 0 Å². The van der Waals surface area contributed by atoms with Crippen LogP contribution < -0.4 is 5.73 Å². The molecule has 57 heavy (non-hydrogen) atoms.